The van der Waals surface area contributed by atoms with E-state index in [-0.39, 0.29) is 16.6 Å². The van der Waals surface area contributed by atoms with Crippen molar-refractivity contribution in [3.63, 3.8) is 0 Å². The Labute approximate surface area is 263 Å². The summed E-state index contributed by atoms with van der Waals surface area (Å²) in [5.41, 5.74) is 14.8. The number of carbonyl (C=O) groups excluding carboxylic acids is 1. The molecule has 1 heterocycles. The molecule has 9 rings (SSSR count). The van der Waals surface area contributed by atoms with Gasteiger partial charge < -0.3 is 4.57 Å². The fourth-order valence-corrected chi connectivity index (χ4v) is 8.31. The van der Waals surface area contributed by atoms with Crippen LogP contribution in [-0.4, -0.2) is 10.4 Å². The first-order valence-corrected chi connectivity index (χ1v) is 15.8. The van der Waals surface area contributed by atoms with Crippen molar-refractivity contribution in [2.45, 2.75) is 38.5 Å². The highest BCUT2D eigenvalue weighted by atomic mass is 16.1. The van der Waals surface area contributed by atoms with Gasteiger partial charge in [0, 0.05) is 38.4 Å². The molecule has 0 fully saturated rings. The van der Waals surface area contributed by atoms with E-state index >= 15 is 0 Å². The van der Waals surface area contributed by atoms with Crippen LogP contribution < -0.4 is 0 Å². The molecule has 2 nitrogen and oxygen atoms in total. The van der Waals surface area contributed by atoms with E-state index in [2.05, 4.69) is 135 Å². The van der Waals surface area contributed by atoms with Crippen LogP contribution in [0.15, 0.2) is 127 Å². The van der Waals surface area contributed by atoms with Crippen LogP contribution in [0.4, 0.5) is 0 Å². The van der Waals surface area contributed by atoms with Crippen LogP contribution in [0.3, 0.4) is 0 Å². The lowest BCUT2D eigenvalue weighted by atomic mass is 9.68. The zero-order chi connectivity index (χ0) is 30.7. The smallest absolute Gasteiger partial charge is 0.193 e. The highest BCUT2D eigenvalue weighted by Crippen LogP contribution is 2.53. The minimum absolute atomic E-state index is 0.0502. The van der Waals surface area contributed by atoms with Crippen LogP contribution in [-0.2, 0) is 10.8 Å². The molecule has 7 aromatic rings. The minimum Gasteiger partial charge on any atom is -0.309 e. The standard InChI is InChI=1S/C43H33NO/c1-42(2)33-17-8-5-14-29(33)39-35(42)22-23-38-40(39)32-16-7-10-19-37(32)44(38)28-13-11-12-26(24-28)27-20-21-31-36(25-27)43(3,4)34-18-9-6-15-30(34)41(31)45/h5-25H,1-4H3. The largest absolute Gasteiger partial charge is 0.309 e. The Bertz CT molecular complexity index is 2400. The van der Waals surface area contributed by atoms with E-state index in [4.69, 9.17) is 0 Å². The summed E-state index contributed by atoms with van der Waals surface area (Å²) in [6, 6.07) is 45.6. The van der Waals surface area contributed by atoms with E-state index in [0.717, 1.165) is 39.1 Å². The summed E-state index contributed by atoms with van der Waals surface area (Å²) >= 11 is 0. The second kappa shape index (κ2) is 8.92. The molecule has 0 spiro atoms. The van der Waals surface area contributed by atoms with Crippen molar-refractivity contribution in [2.24, 2.45) is 0 Å². The maximum absolute atomic E-state index is 13.5. The van der Waals surface area contributed by atoms with Gasteiger partial charge in [0.1, 0.15) is 0 Å². The van der Waals surface area contributed by atoms with Crippen LogP contribution in [0.25, 0.3) is 49.7 Å². The van der Waals surface area contributed by atoms with Crippen molar-refractivity contribution < 1.29 is 4.79 Å². The fourth-order valence-electron chi connectivity index (χ4n) is 8.31. The van der Waals surface area contributed by atoms with Gasteiger partial charge in [-0.15, -0.1) is 0 Å². The SMILES string of the molecule is CC1(C)c2ccccc2C(=O)c2ccc(-c3cccc(-n4c5ccccc5c5c6c(ccc54)C(C)(C)c4ccccc4-6)c3)cc21. The molecule has 1 aromatic heterocycles. The molecular weight excluding hydrogens is 546 g/mol. The number of rotatable bonds is 2. The molecule has 2 aliphatic carbocycles. The molecule has 2 aliphatic rings. The zero-order valence-electron chi connectivity index (χ0n) is 26.0. The summed E-state index contributed by atoms with van der Waals surface area (Å²) in [6.07, 6.45) is 0. The monoisotopic (exact) mass is 579 g/mol. The van der Waals surface area contributed by atoms with Crippen LogP contribution in [0.2, 0.25) is 0 Å². The first-order valence-electron chi connectivity index (χ1n) is 15.8. The molecule has 0 saturated carbocycles. The number of ketones is 1. The van der Waals surface area contributed by atoms with Crippen molar-refractivity contribution in [3.8, 4) is 27.9 Å². The number of nitrogens with zero attached hydrogens (tertiary/aromatic N) is 1. The predicted molar refractivity (Wildman–Crippen MR) is 186 cm³/mol. The van der Waals surface area contributed by atoms with Crippen LogP contribution in [0, 0.1) is 0 Å². The van der Waals surface area contributed by atoms with E-state index in [0.29, 0.717) is 0 Å². The number of hydrogen-bond donors (Lipinski definition) is 0. The first-order chi connectivity index (χ1) is 21.8. The Morgan fingerprint density at radius 3 is 1.96 bits per heavy atom. The second-order valence-corrected chi connectivity index (χ2v) is 13.7. The Morgan fingerprint density at radius 1 is 0.489 bits per heavy atom. The molecule has 0 N–H and O–H groups in total. The molecule has 0 aliphatic heterocycles. The van der Waals surface area contributed by atoms with Gasteiger partial charge in [0.05, 0.1) is 11.0 Å². The number of para-hydroxylation sites is 1. The third kappa shape index (κ3) is 3.43. The molecule has 0 bridgehead atoms. The normalized spacial score (nSPS) is 15.5. The van der Waals surface area contributed by atoms with Crippen molar-refractivity contribution in [3.05, 3.63) is 161 Å². The molecule has 0 radical (unpaired) electrons. The van der Waals surface area contributed by atoms with Gasteiger partial charge in [0.25, 0.3) is 0 Å². The summed E-state index contributed by atoms with van der Waals surface area (Å²) in [4.78, 5) is 13.5. The molecule has 2 heteroatoms. The number of carbonyl (C=O) groups is 1. The molecule has 6 aromatic carbocycles. The predicted octanol–water partition coefficient (Wildman–Crippen LogP) is 10.6. The number of fused-ring (bicyclic) bond motifs is 9. The van der Waals surface area contributed by atoms with Gasteiger partial charge in [0.2, 0.25) is 0 Å². The topological polar surface area (TPSA) is 22.0 Å². The average Bonchev–Trinajstić information content (AvgIpc) is 3.52. The molecule has 0 saturated heterocycles. The van der Waals surface area contributed by atoms with Gasteiger partial charge >= 0.3 is 0 Å². The van der Waals surface area contributed by atoms with E-state index in [1.54, 1.807) is 0 Å². The Morgan fingerprint density at radius 2 is 1.13 bits per heavy atom. The van der Waals surface area contributed by atoms with Crippen LogP contribution >= 0.6 is 0 Å². The van der Waals surface area contributed by atoms with Gasteiger partial charge in [0.15, 0.2) is 5.78 Å². The summed E-state index contributed by atoms with van der Waals surface area (Å²) in [5.74, 6) is 0.114. The van der Waals surface area contributed by atoms with Gasteiger partial charge in [-0.05, 0) is 74.8 Å². The number of benzene rings is 6. The quantitative estimate of drug-likeness (QED) is 0.200. The highest BCUT2D eigenvalue weighted by molar-refractivity contribution is 6.18. The summed E-state index contributed by atoms with van der Waals surface area (Å²) in [7, 11) is 0. The maximum Gasteiger partial charge on any atom is 0.193 e. The third-order valence-electron chi connectivity index (χ3n) is 10.6. The van der Waals surface area contributed by atoms with Crippen molar-refractivity contribution in [1.29, 1.82) is 0 Å². The Balaban J connectivity index is 1.25. The number of aromatic nitrogens is 1. The highest BCUT2D eigenvalue weighted by Gasteiger charge is 2.38. The minimum atomic E-state index is -0.273. The van der Waals surface area contributed by atoms with Gasteiger partial charge in [-0.25, -0.2) is 0 Å². The lowest BCUT2D eigenvalue weighted by molar-refractivity contribution is 0.103. The molecule has 45 heavy (non-hydrogen) atoms. The number of hydrogen-bond acceptors (Lipinski definition) is 1. The third-order valence-corrected chi connectivity index (χ3v) is 10.6. The molecular formula is C43H33NO. The Hall–Kier alpha value is -5.21. The molecule has 0 amide bonds. The van der Waals surface area contributed by atoms with Crippen molar-refractivity contribution in [1.82, 2.24) is 4.57 Å². The van der Waals surface area contributed by atoms with Gasteiger partial charge in [-0.2, -0.15) is 0 Å². The first kappa shape index (κ1) is 26.2. The maximum atomic E-state index is 13.5. The Kier molecular flexibility index (Phi) is 5.20. The second-order valence-electron chi connectivity index (χ2n) is 13.7. The van der Waals surface area contributed by atoms with E-state index in [9.17, 15) is 4.79 Å². The summed E-state index contributed by atoms with van der Waals surface area (Å²) < 4.78 is 2.42. The van der Waals surface area contributed by atoms with Crippen LogP contribution in [0.1, 0.15) is 65.9 Å². The van der Waals surface area contributed by atoms with Crippen molar-refractivity contribution >= 4 is 27.6 Å². The van der Waals surface area contributed by atoms with Gasteiger partial charge in [-0.1, -0.05) is 125 Å². The van der Waals surface area contributed by atoms with E-state index < -0.39 is 0 Å². The van der Waals surface area contributed by atoms with E-state index in [1.165, 1.54) is 44.1 Å². The fraction of sp³-hybridized carbons (Fsp3) is 0.140. The summed E-state index contributed by atoms with van der Waals surface area (Å²) in [6.45, 7) is 9.15. The van der Waals surface area contributed by atoms with Crippen molar-refractivity contribution in [2.75, 3.05) is 0 Å². The average molecular weight is 580 g/mol. The lowest BCUT2D eigenvalue weighted by Crippen LogP contribution is -2.30. The molecule has 0 atom stereocenters. The van der Waals surface area contributed by atoms with E-state index in [1.807, 2.05) is 24.3 Å². The van der Waals surface area contributed by atoms with Crippen LogP contribution in [0.5, 0.6) is 0 Å². The molecule has 0 unspecified atom stereocenters. The molecule has 216 valence electrons. The summed E-state index contributed by atoms with van der Waals surface area (Å²) in [5, 5.41) is 2.59. The van der Waals surface area contributed by atoms with Gasteiger partial charge in [-0.3, -0.25) is 4.79 Å². The zero-order valence-corrected chi connectivity index (χ0v) is 26.0. The lowest BCUT2D eigenvalue weighted by Gasteiger charge is -2.34.